The summed E-state index contributed by atoms with van der Waals surface area (Å²) in [5, 5.41) is 1.06. The van der Waals surface area contributed by atoms with E-state index >= 15 is 0 Å². The molecule has 6 nitrogen and oxygen atoms in total. The largest absolute Gasteiger partial charge is 0.573 e. The molecule has 0 aliphatic heterocycles. The number of nitrogens with two attached hydrogens (primary N) is 2. The summed E-state index contributed by atoms with van der Waals surface area (Å²) < 4.78 is 40.8. The van der Waals surface area contributed by atoms with Gasteiger partial charge in [-0.05, 0) is 47.5 Å². The Hall–Kier alpha value is -3.59. The summed E-state index contributed by atoms with van der Waals surface area (Å²) in [4.78, 5) is 16.9. The number of rotatable bonds is 6. The van der Waals surface area contributed by atoms with E-state index in [0.717, 1.165) is 10.7 Å². The van der Waals surface area contributed by atoms with Crippen molar-refractivity contribution in [2.45, 2.75) is 12.8 Å². The van der Waals surface area contributed by atoms with Crippen LogP contribution in [0.5, 0.6) is 5.75 Å². The van der Waals surface area contributed by atoms with Crippen LogP contribution in [0, 0.1) is 0 Å². The van der Waals surface area contributed by atoms with Crippen LogP contribution in [0.3, 0.4) is 0 Å². The van der Waals surface area contributed by atoms with Gasteiger partial charge in [0.25, 0.3) is 5.91 Å². The Kier molecular flexibility index (Phi) is 6.22. The van der Waals surface area contributed by atoms with Gasteiger partial charge < -0.3 is 10.5 Å². The van der Waals surface area contributed by atoms with Crippen LogP contribution in [0.15, 0.2) is 66.9 Å². The lowest BCUT2D eigenvalue weighted by molar-refractivity contribution is -0.274. The smallest absolute Gasteiger partial charge is 0.406 e. The number of carbonyl (C=O) groups excluding carboxylic acids is 1. The second-order valence-corrected chi connectivity index (χ2v) is 6.44. The van der Waals surface area contributed by atoms with E-state index in [1.165, 1.54) is 24.3 Å². The maximum Gasteiger partial charge on any atom is 0.573 e. The summed E-state index contributed by atoms with van der Waals surface area (Å²) in [7, 11) is 0. The van der Waals surface area contributed by atoms with Crippen molar-refractivity contribution in [3.05, 3.63) is 78.1 Å². The summed E-state index contributed by atoms with van der Waals surface area (Å²) in [6.45, 7) is 0.239. The lowest BCUT2D eigenvalue weighted by Gasteiger charge is -2.18. The van der Waals surface area contributed by atoms with E-state index in [4.69, 9.17) is 11.6 Å². The highest BCUT2D eigenvalue weighted by atomic mass is 19.4. The topological polar surface area (TPSA) is 94.5 Å². The fourth-order valence-electron chi connectivity index (χ4n) is 2.81. The van der Waals surface area contributed by atoms with Gasteiger partial charge in [0.05, 0.1) is 5.56 Å². The Morgan fingerprint density at radius 2 is 1.73 bits per heavy atom. The van der Waals surface area contributed by atoms with Crippen molar-refractivity contribution in [3.8, 4) is 16.9 Å². The van der Waals surface area contributed by atoms with E-state index in [2.05, 4.69) is 9.72 Å². The highest BCUT2D eigenvalue weighted by Gasteiger charge is 2.31. The average molecular weight is 416 g/mol. The van der Waals surface area contributed by atoms with Crippen molar-refractivity contribution in [2.75, 3.05) is 12.3 Å². The van der Waals surface area contributed by atoms with Gasteiger partial charge in [-0.3, -0.25) is 14.8 Å². The van der Waals surface area contributed by atoms with E-state index in [-0.39, 0.29) is 23.5 Å². The molecule has 4 N–H and O–H groups in total. The van der Waals surface area contributed by atoms with Gasteiger partial charge in [0.15, 0.2) is 0 Å². The predicted octanol–water partition coefficient (Wildman–Crippen LogP) is 3.79. The van der Waals surface area contributed by atoms with Crippen LogP contribution in [0.4, 0.5) is 18.9 Å². The van der Waals surface area contributed by atoms with Crippen LogP contribution < -0.4 is 16.3 Å². The molecule has 1 aromatic heterocycles. The van der Waals surface area contributed by atoms with Gasteiger partial charge >= 0.3 is 6.36 Å². The molecule has 9 heteroatoms. The number of pyridine rings is 1. The molecular formula is C21H19F3N4O2. The molecule has 0 radical (unpaired) electrons. The fraction of sp³-hybridized carbons (Fsp3) is 0.143. The minimum atomic E-state index is -4.76. The fourth-order valence-corrected chi connectivity index (χ4v) is 2.81. The number of hydrogen-bond acceptors (Lipinski definition) is 5. The average Bonchev–Trinajstić information content (AvgIpc) is 2.72. The molecule has 0 fully saturated rings. The molecule has 0 saturated carbocycles. The first-order valence-corrected chi connectivity index (χ1v) is 8.95. The molecule has 2 aromatic carbocycles. The third-order valence-corrected chi connectivity index (χ3v) is 4.30. The van der Waals surface area contributed by atoms with Crippen LogP contribution in [0.1, 0.15) is 16.1 Å². The van der Waals surface area contributed by atoms with Crippen LogP contribution >= 0.6 is 0 Å². The number of ether oxygens (including phenoxy) is 1. The summed E-state index contributed by atoms with van der Waals surface area (Å²) in [5.41, 5.74) is 8.38. The van der Waals surface area contributed by atoms with Gasteiger partial charge in [-0.2, -0.15) is 0 Å². The van der Waals surface area contributed by atoms with Crippen LogP contribution in [-0.2, 0) is 6.42 Å². The van der Waals surface area contributed by atoms with Crippen molar-refractivity contribution in [1.82, 2.24) is 9.99 Å². The SMILES string of the molecule is Nc1ccc(-c2ccc(OC(F)(F)F)cc2)cc1C(=O)N(N)CCc1ccccn1. The highest BCUT2D eigenvalue weighted by molar-refractivity contribution is 6.00. The molecule has 156 valence electrons. The quantitative estimate of drug-likeness (QED) is 0.276. The molecule has 1 amide bonds. The first-order valence-electron chi connectivity index (χ1n) is 8.95. The second kappa shape index (κ2) is 8.83. The number of amides is 1. The molecule has 0 atom stereocenters. The third-order valence-electron chi connectivity index (χ3n) is 4.30. The monoisotopic (exact) mass is 416 g/mol. The van der Waals surface area contributed by atoms with E-state index in [1.807, 2.05) is 12.1 Å². The first-order chi connectivity index (χ1) is 14.2. The molecule has 0 aliphatic rings. The van der Waals surface area contributed by atoms with Gasteiger partial charge in [-0.25, -0.2) is 5.84 Å². The molecule has 0 unspecified atom stereocenters. The van der Waals surface area contributed by atoms with Crippen LogP contribution in [0.25, 0.3) is 11.1 Å². The molecule has 1 heterocycles. The Bertz CT molecular complexity index is 1010. The minimum absolute atomic E-state index is 0.201. The highest BCUT2D eigenvalue weighted by Crippen LogP contribution is 2.28. The summed E-state index contributed by atoms with van der Waals surface area (Å²) in [5.74, 6) is 5.11. The first kappa shape index (κ1) is 21.1. The number of halogens is 3. The van der Waals surface area contributed by atoms with Crippen molar-refractivity contribution in [3.63, 3.8) is 0 Å². The lowest BCUT2D eigenvalue weighted by atomic mass is 10.0. The van der Waals surface area contributed by atoms with Crippen molar-refractivity contribution >= 4 is 11.6 Å². The van der Waals surface area contributed by atoms with Gasteiger partial charge in [0, 0.05) is 30.5 Å². The Labute approximate surface area is 170 Å². The van der Waals surface area contributed by atoms with Crippen molar-refractivity contribution in [1.29, 1.82) is 0 Å². The number of benzene rings is 2. The lowest BCUT2D eigenvalue weighted by Crippen LogP contribution is -2.39. The van der Waals surface area contributed by atoms with E-state index in [1.54, 1.807) is 30.5 Å². The molecule has 30 heavy (non-hydrogen) atoms. The van der Waals surface area contributed by atoms with Crippen molar-refractivity contribution < 1.29 is 22.7 Å². The Balaban J connectivity index is 1.75. The summed E-state index contributed by atoms with van der Waals surface area (Å²) in [6.07, 6.45) is -2.63. The number of hydrazine groups is 1. The molecule has 0 spiro atoms. The van der Waals surface area contributed by atoms with E-state index in [0.29, 0.717) is 17.5 Å². The zero-order chi connectivity index (χ0) is 21.7. The molecule has 3 aromatic rings. The molecule has 0 aliphatic carbocycles. The summed E-state index contributed by atoms with van der Waals surface area (Å²) >= 11 is 0. The van der Waals surface area contributed by atoms with Crippen molar-refractivity contribution in [2.24, 2.45) is 5.84 Å². The van der Waals surface area contributed by atoms with E-state index in [9.17, 15) is 18.0 Å². The third kappa shape index (κ3) is 5.48. The maximum atomic E-state index is 12.7. The number of hydrogen-bond donors (Lipinski definition) is 2. The number of alkyl halides is 3. The van der Waals surface area contributed by atoms with Gasteiger partial charge in [-0.15, -0.1) is 13.2 Å². The minimum Gasteiger partial charge on any atom is -0.406 e. The molecule has 0 saturated heterocycles. The number of anilines is 1. The molecular weight excluding hydrogens is 397 g/mol. The Morgan fingerprint density at radius 1 is 1.03 bits per heavy atom. The zero-order valence-electron chi connectivity index (χ0n) is 15.8. The number of aromatic nitrogens is 1. The van der Waals surface area contributed by atoms with Crippen LogP contribution in [-0.4, -0.2) is 28.8 Å². The van der Waals surface area contributed by atoms with Gasteiger partial charge in [0.1, 0.15) is 5.75 Å². The van der Waals surface area contributed by atoms with Gasteiger partial charge in [0.2, 0.25) is 0 Å². The number of nitrogen functional groups attached to an aromatic ring is 1. The second-order valence-electron chi connectivity index (χ2n) is 6.44. The normalized spacial score (nSPS) is 11.2. The summed E-state index contributed by atoms with van der Waals surface area (Å²) in [6, 6.07) is 15.6. The Morgan fingerprint density at radius 3 is 2.37 bits per heavy atom. The predicted molar refractivity (Wildman–Crippen MR) is 106 cm³/mol. The molecule has 0 bridgehead atoms. The zero-order valence-corrected chi connectivity index (χ0v) is 15.8. The number of nitrogens with zero attached hydrogens (tertiary/aromatic N) is 2. The van der Waals surface area contributed by atoms with Crippen LogP contribution in [0.2, 0.25) is 0 Å². The standard InChI is InChI=1S/C21H19F3N4O2/c22-21(23,24)30-17-7-4-14(5-8-17)15-6-9-19(25)18(13-15)20(29)28(26)12-10-16-3-1-2-11-27-16/h1-9,11,13H,10,12,25-26H2. The van der Waals surface area contributed by atoms with E-state index < -0.39 is 12.3 Å². The maximum absolute atomic E-state index is 12.7. The van der Waals surface area contributed by atoms with Gasteiger partial charge in [-0.1, -0.05) is 24.3 Å². The number of carbonyl (C=O) groups is 1. The molecule has 3 rings (SSSR count).